The summed E-state index contributed by atoms with van der Waals surface area (Å²) in [5, 5.41) is 17.5. The normalized spacial score (nSPS) is 14.2. The standard InChI is InChI=1S/C16H20F2N4O3/c1-15(2,3)16(8-23,14(24)25-4)12-13(19)22(21-20-12)11-9(17)6-5-7-10(11)18/h5-7,23H,8,19H2,1-4H3. The van der Waals surface area contributed by atoms with Crippen molar-refractivity contribution in [1.82, 2.24) is 15.0 Å². The maximum Gasteiger partial charge on any atom is 0.321 e. The number of esters is 1. The van der Waals surface area contributed by atoms with E-state index in [0.29, 0.717) is 0 Å². The molecule has 25 heavy (non-hydrogen) atoms. The number of aliphatic hydroxyl groups excluding tert-OH is 1. The van der Waals surface area contributed by atoms with Crippen LogP contribution in [0.1, 0.15) is 26.5 Å². The highest BCUT2D eigenvalue weighted by atomic mass is 19.1. The lowest BCUT2D eigenvalue weighted by atomic mass is 9.65. The van der Waals surface area contributed by atoms with Crippen molar-refractivity contribution in [2.45, 2.75) is 26.2 Å². The summed E-state index contributed by atoms with van der Waals surface area (Å²) in [7, 11) is 1.16. The third-order valence-corrected chi connectivity index (χ3v) is 4.31. The van der Waals surface area contributed by atoms with E-state index in [1.54, 1.807) is 20.8 Å². The molecule has 3 N–H and O–H groups in total. The molecule has 7 nitrogen and oxygen atoms in total. The summed E-state index contributed by atoms with van der Waals surface area (Å²) in [6.45, 7) is 4.37. The van der Waals surface area contributed by atoms with Gasteiger partial charge in [-0.3, -0.25) is 4.79 Å². The maximum absolute atomic E-state index is 14.0. The molecule has 0 aliphatic carbocycles. The molecule has 136 valence electrons. The molecule has 0 aliphatic heterocycles. The molecule has 1 unspecified atom stereocenters. The number of aliphatic hydroxyl groups is 1. The number of aromatic nitrogens is 3. The number of carbonyl (C=O) groups is 1. The van der Waals surface area contributed by atoms with E-state index in [9.17, 15) is 18.7 Å². The van der Waals surface area contributed by atoms with Crippen molar-refractivity contribution < 1.29 is 23.4 Å². The van der Waals surface area contributed by atoms with Crippen LogP contribution in [-0.2, 0) is 14.9 Å². The van der Waals surface area contributed by atoms with E-state index in [4.69, 9.17) is 10.5 Å². The second-order valence-electron chi connectivity index (χ2n) is 6.61. The van der Waals surface area contributed by atoms with Crippen molar-refractivity contribution in [3.63, 3.8) is 0 Å². The average Bonchev–Trinajstić information content (AvgIpc) is 2.89. The van der Waals surface area contributed by atoms with Gasteiger partial charge >= 0.3 is 5.97 Å². The Morgan fingerprint density at radius 2 is 1.88 bits per heavy atom. The summed E-state index contributed by atoms with van der Waals surface area (Å²) in [6, 6.07) is 3.29. The Bertz CT molecular complexity index is 781. The van der Waals surface area contributed by atoms with Gasteiger partial charge in [-0.15, -0.1) is 5.10 Å². The molecule has 1 atom stereocenters. The number of ether oxygens (including phenoxy) is 1. The SMILES string of the molecule is COC(=O)C(CO)(c1nnn(-c2c(F)cccc2F)c1N)C(C)(C)C. The highest BCUT2D eigenvalue weighted by Gasteiger charge is 2.54. The number of anilines is 1. The van der Waals surface area contributed by atoms with Gasteiger partial charge < -0.3 is 15.6 Å². The molecule has 0 saturated carbocycles. The lowest BCUT2D eigenvalue weighted by molar-refractivity contribution is -0.155. The van der Waals surface area contributed by atoms with Crippen LogP contribution in [0, 0.1) is 17.0 Å². The lowest BCUT2D eigenvalue weighted by Crippen LogP contribution is -2.51. The second-order valence-corrected chi connectivity index (χ2v) is 6.61. The first-order valence-electron chi connectivity index (χ1n) is 7.47. The number of hydrogen-bond acceptors (Lipinski definition) is 6. The lowest BCUT2D eigenvalue weighted by Gasteiger charge is -2.39. The number of rotatable bonds is 4. The summed E-state index contributed by atoms with van der Waals surface area (Å²) >= 11 is 0. The van der Waals surface area contributed by atoms with Gasteiger partial charge in [0.2, 0.25) is 0 Å². The molecule has 0 bridgehead atoms. The van der Waals surface area contributed by atoms with Crippen LogP contribution in [0.3, 0.4) is 0 Å². The molecular formula is C16H20F2N4O3. The van der Waals surface area contributed by atoms with Gasteiger partial charge in [0.05, 0.1) is 13.7 Å². The van der Waals surface area contributed by atoms with Gasteiger partial charge in [-0.1, -0.05) is 32.1 Å². The van der Waals surface area contributed by atoms with Gasteiger partial charge in [0, 0.05) is 0 Å². The molecule has 9 heteroatoms. The van der Waals surface area contributed by atoms with Crippen molar-refractivity contribution >= 4 is 11.8 Å². The fourth-order valence-corrected chi connectivity index (χ4v) is 2.76. The van der Waals surface area contributed by atoms with Gasteiger partial charge in [0.1, 0.15) is 16.8 Å². The maximum atomic E-state index is 14.0. The van der Waals surface area contributed by atoms with Crippen LogP contribution >= 0.6 is 0 Å². The number of hydrogen-bond donors (Lipinski definition) is 2. The molecule has 0 radical (unpaired) electrons. The Hall–Kier alpha value is -2.55. The number of para-hydroxylation sites is 1. The molecule has 1 aromatic heterocycles. The van der Waals surface area contributed by atoms with Crippen LogP contribution in [0.15, 0.2) is 18.2 Å². The Kier molecular flexibility index (Phi) is 4.81. The third kappa shape index (κ3) is 2.74. The van der Waals surface area contributed by atoms with E-state index in [0.717, 1.165) is 23.9 Å². The summed E-state index contributed by atoms with van der Waals surface area (Å²) in [4.78, 5) is 12.5. The van der Waals surface area contributed by atoms with E-state index in [2.05, 4.69) is 10.3 Å². The fraction of sp³-hybridized carbons (Fsp3) is 0.438. The number of halogens is 2. The Morgan fingerprint density at radius 1 is 1.32 bits per heavy atom. The second kappa shape index (κ2) is 6.40. The molecule has 0 saturated heterocycles. The molecule has 0 spiro atoms. The van der Waals surface area contributed by atoms with Gasteiger partial charge in [0.15, 0.2) is 17.5 Å². The van der Waals surface area contributed by atoms with Crippen LogP contribution in [0.5, 0.6) is 0 Å². The number of benzene rings is 1. The minimum Gasteiger partial charge on any atom is -0.468 e. The predicted molar refractivity (Wildman–Crippen MR) is 85.9 cm³/mol. The van der Waals surface area contributed by atoms with E-state index in [1.165, 1.54) is 6.07 Å². The quantitative estimate of drug-likeness (QED) is 0.808. The highest BCUT2D eigenvalue weighted by Crippen LogP contribution is 2.44. The Morgan fingerprint density at radius 3 is 2.32 bits per heavy atom. The third-order valence-electron chi connectivity index (χ3n) is 4.31. The minimum absolute atomic E-state index is 0.114. The van der Waals surface area contributed by atoms with Crippen molar-refractivity contribution in [2.75, 3.05) is 19.5 Å². The zero-order chi connectivity index (χ0) is 19.0. The van der Waals surface area contributed by atoms with Crippen LogP contribution in [0.25, 0.3) is 5.69 Å². The summed E-state index contributed by atoms with van der Waals surface area (Å²) in [6.07, 6.45) is 0. The van der Waals surface area contributed by atoms with Crippen LogP contribution in [-0.4, -0.2) is 39.8 Å². The number of nitrogens with zero attached hydrogens (tertiary/aromatic N) is 3. The first-order valence-corrected chi connectivity index (χ1v) is 7.47. The van der Waals surface area contributed by atoms with Crippen molar-refractivity contribution in [1.29, 1.82) is 0 Å². The molecule has 2 rings (SSSR count). The van der Waals surface area contributed by atoms with E-state index in [1.807, 2.05) is 0 Å². The number of nitrogen functional groups attached to an aromatic ring is 1. The van der Waals surface area contributed by atoms with Crippen molar-refractivity contribution in [3.05, 3.63) is 35.5 Å². The Balaban J connectivity index is 2.76. The Labute approximate surface area is 143 Å². The van der Waals surface area contributed by atoms with E-state index < -0.39 is 40.7 Å². The number of nitrogens with two attached hydrogens (primary N) is 1. The molecule has 2 aromatic rings. The van der Waals surface area contributed by atoms with Gasteiger partial charge in [-0.2, -0.15) is 4.68 Å². The first kappa shape index (κ1) is 18.8. The monoisotopic (exact) mass is 354 g/mol. The highest BCUT2D eigenvalue weighted by molar-refractivity contribution is 5.85. The van der Waals surface area contributed by atoms with Crippen LogP contribution < -0.4 is 5.73 Å². The minimum atomic E-state index is -1.66. The molecule has 0 fully saturated rings. The molecule has 0 amide bonds. The largest absolute Gasteiger partial charge is 0.468 e. The summed E-state index contributed by atoms with van der Waals surface area (Å²) in [5.74, 6) is -2.84. The molecule has 1 heterocycles. The van der Waals surface area contributed by atoms with Gasteiger partial charge in [-0.25, -0.2) is 8.78 Å². The summed E-state index contributed by atoms with van der Waals surface area (Å²) in [5.41, 5.74) is 2.83. The van der Waals surface area contributed by atoms with Crippen molar-refractivity contribution in [3.8, 4) is 5.69 Å². The van der Waals surface area contributed by atoms with E-state index >= 15 is 0 Å². The zero-order valence-electron chi connectivity index (χ0n) is 14.4. The predicted octanol–water partition coefficient (Wildman–Crippen LogP) is 1.58. The van der Waals surface area contributed by atoms with Crippen LogP contribution in [0.2, 0.25) is 0 Å². The first-order chi connectivity index (χ1) is 11.6. The van der Waals surface area contributed by atoms with Gasteiger partial charge in [-0.05, 0) is 17.5 Å². The van der Waals surface area contributed by atoms with Crippen LogP contribution in [0.4, 0.5) is 14.6 Å². The molecule has 1 aromatic carbocycles. The topological polar surface area (TPSA) is 103 Å². The summed E-state index contributed by atoms with van der Waals surface area (Å²) < 4.78 is 33.7. The average molecular weight is 354 g/mol. The van der Waals surface area contributed by atoms with Gasteiger partial charge in [0.25, 0.3) is 0 Å². The zero-order valence-corrected chi connectivity index (χ0v) is 14.4. The molecular weight excluding hydrogens is 334 g/mol. The molecule has 0 aliphatic rings. The fourth-order valence-electron chi connectivity index (χ4n) is 2.76. The van der Waals surface area contributed by atoms with Crippen molar-refractivity contribution in [2.24, 2.45) is 5.41 Å². The number of methoxy groups -OCH3 is 1. The smallest absolute Gasteiger partial charge is 0.321 e. The van der Waals surface area contributed by atoms with E-state index in [-0.39, 0.29) is 11.5 Å². The number of carbonyl (C=O) groups excluding carboxylic acids is 1.